The normalized spacial score (nSPS) is 17.6. The standard InChI is InChI=1S/C26H22N4O3S/c1-2-17-10-12-18(13-11-17)29-25(24(28-26(29)34)20-8-5-6-16-27-20)23-15-14-22(33-23)19-7-3-4-9-21(19)30(31)32/h3-16,24-25H,2H2,1H3,(H,28,34). The molecule has 3 heterocycles. The second kappa shape index (κ2) is 9.07. The summed E-state index contributed by atoms with van der Waals surface area (Å²) in [5, 5.41) is 15.5. The van der Waals surface area contributed by atoms with E-state index in [9.17, 15) is 10.1 Å². The van der Waals surface area contributed by atoms with Gasteiger partial charge in [0.15, 0.2) is 5.11 Å². The number of nitro groups is 1. The first-order chi connectivity index (χ1) is 16.6. The van der Waals surface area contributed by atoms with Crippen LogP contribution in [0.15, 0.2) is 89.5 Å². The van der Waals surface area contributed by atoms with Gasteiger partial charge in [0.25, 0.3) is 5.69 Å². The molecule has 1 fully saturated rings. The summed E-state index contributed by atoms with van der Waals surface area (Å²) in [5.41, 5.74) is 3.42. The number of benzene rings is 2. The van der Waals surface area contributed by atoms with Crippen molar-refractivity contribution in [3.63, 3.8) is 0 Å². The molecule has 1 saturated heterocycles. The Bertz CT molecular complexity index is 1340. The van der Waals surface area contributed by atoms with Gasteiger partial charge in [0.05, 0.1) is 22.2 Å². The first-order valence-electron chi connectivity index (χ1n) is 11.0. The van der Waals surface area contributed by atoms with Gasteiger partial charge in [-0.2, -0.15) is 0 Å². The SMILES string of the molecule is CCc1ccc(N2C(=S)NC(c3ccccn3)C2c2ccc(-c3ccccc3[N+](=O)[O-])o2)cc1. The molecule has 0 saturated carbocycles. The van der Waals surface area contributed by atoms with Crippen LogP contribution in [-0.4, -0.2) is 15.0 Å². The van der Waals surface area contributed by atoms with Crippen LogP contribution >= 0.6 is 12.2 Å². The van der Waals surface area contributed by atoms with E-state index in [-0.39, 0.29) is 17.8 Å². The molecule has 0 spiro atoms. The van der Waals surface area contributed by atoms with Crippen molar-refractivity contribution in [3.8, 4) is 11.3 Å². The minimum absolute atomic E-state index is 0.00301. The quantitative estimate of drug-likeness (QED) is 0.210. The summed E-state index contributed by atoms with van der Waals surface area (Å²) in [6.45, 7) is 2.12. The lowest BCUT2D eigenvalue weighted by molar-refractivity contribution is -0.384. The number of furan rings is 1. The molecule has 0 bridgehead atoms. The largest absolute Gasteiger partial charge is 0.459 e. The lowest BCUT2D eigenvalue weighted by Gasteiger charge is -2.26. The van der Waals surface area contributed by atoms with Gasteiger partial charge in [-0.15, -0.1) is 0 Å². The fraction of sp³-hybridized carbons (Fsp3) is 0.154. The molecule has 0 amide bonds. The highest BCUT2D eigenvalue weighted by molar-refractivity contribution is 7.80. The van der Waals surface area contributed by atoms with Crippen molar-refractivity contribution in [2.75, 3.05) is 4.90 Å². The van der Waals surface area contributed by atoms with Crippen molar-refractivity contribution >= 4 is 28.7 Å². The van der Waals surface area contributed by atoms with E-state index in [0.29, 0.717) is 22.2 Å². The zero-order chi connectivity index (χ0) is 23.7. The van der Waals surface area contributed by atoms with Gasteiger partial charge in [0.2, 0.25) is 0 Å². The van der Waals surface area contributed by atoms with E-state index in [1.165, 1.54) is 11.6 Å². The summed E-state index contributed by atoms with van der Waals surface area (Å²) in [6.07, 6.45) is 2.69. The molecule has 0 radical (unpaired) electrons. The number of thiocarbonyl (C=S) groups is 1. The van der Waals surface area contributed by atoms with E-state index < -0.39 is 4.92 Å². The van der Waals surface area contributed by atoms with E-state index in [2.05, 4.69) is 29.4 Å². The average Bonchev–Trinajstić information content (AvgIpc) is 3.49. The Kier molecular flexibility index (Phi) is 5.81. The summed E-state index contributed by atoms with van der Waals surface area (Å²) in [6, 6.07) is 23.6. The van der Waals surface area contributed by atoms with Gasteiger partial charge >= 0.3 is 0 Å². The van der Waals surface area contributed by atoms with E-state index >= 15 is 0 Å². The molecule has 1 N–H and O–H groups in total. The maximum absolute atomic E-state index is 11.5. The predicted molar refractivity (Wildman–Crippen MR) is 135 cm³/mol. The highest BCUT2D eigenvalue weighted by atomic mass is 32.1. The van der Waals surface area contributed by atoms with E-state index in [1.807, 2.05) is 41.3 Å². The number of aryl methyl sites for hydroxylation is 1. The first kappa shape index (κ1) is 21.8. The minimum Gasteiger partial charge on any atom is -0.459 e. The van der Waals surface area contributed by atoms with E-state index in [0.717, 1.165) is 17.8 Å². The third-order valence-electron chi connectivity index (χ3n) is 6.01. The Labute approximate surface area is 202 Å². The molecule has 34 heavy (non-hydrogen) atoms. The van der Waals surface area contributed by atoms with Crippen LogP contribution in [0.1, 0.15) is 36.0 Å². The van der Waals surface area contributed by atoms with Gasteiger partial charge in [0.1, 0.15) is 17.6 Å². The molecule has 5 rings (SSSR count). The number of nitro benzene ring substituents is 1. The average molecular weight is 471 g/mol. The van der Waals surface area contributed by atoms with Crippen LogP contribution in [0.4, 0.5) is 11.4 Å². The molecule has 0 aliphatic carbocycles. The second-order valence-electron chi connectivity index (χ2n) is 7.99. The topological polar surface area (TPSA) is 84.4 Å². The van der Waals surface area contributed by atoms with Crippen molar-refractivity contribution in [2.24, 2.45) is 0 Å². The Morgan fingerprint density at radius 3 is 2.53 bits per heavy atom. The maximum Gasteiger partial charge on any atom is 0.280 e. The zero-order valence-corrected chi connectivity index (χ0v) is 19.2. The van der Waals surface area contributed by atoms with E-state index in [1.54, 1.807) is 30.5 Å². The highest BCUT2D eigenvalue weighted by Crippen LogP contribution is 2.43. The number of nitrogens with one attached hydrogen (secondary N) is 1. The van der Waals surface area contributed by atoms with Gasteiger partial charge in [-0.05, 0) is 66.7 Å². The fourth-order valence-electron chi connectivity index (χ4n) is 4.31. The molecule has 1 aliphatic heterocycles. The molecular formula is C26H22N4O3S. The number of rotatable bonds is 6. The van der Waals surface area contributed by atoms with Gasteiger partial charge < -0.3 is 14.6 Å². The molecule has 2 aromatic heterocycles. The summed E-state index contributed by atoms with van der Waals surface area (Å²) in [4.78, 5) is 17.7. The van der Waals surface area contributed by atoms with Crippen molar-refractivity contribution in [1.82, 2.24) is 10.3 Å². The van der Waals surface area contributed by atoms with Crippen LogP contribution in [0.3, 0.4) is 0 Å². The lowest BCUT2D eigenvalue weighted by atomic mass is 10.0. The summed E-state index contributed by atoms with van der Waals surface area (Å²) < 4.78 is 6.27. The Morgan fingerprint density at radius 1 is 1.06 bits per heavy atom. The Hall–Kier alpha value is -4.04. The minimum atomic E-state index is -0.401. The predicted octanol–water partition coefficient (Wildman–Crippen LogP) is 5.99. The molecule has 1 aliphatic rings. The number of para-hydroxylation sites is 1. The summed E-state index contributed by atoms with van der Waals surface area (Å²) >= 11 is 5.75. The van der Waals surface area contributed by atoms with Crippen LogP contribution in [0.2, 0.25) is 0 Å². The van der Waals surface area contributed by atoms with E-state index in [4.69, 9.17) is 16.6 Å². The molecule has 4 aromatic rings. The number of hydrogen-bond donors (Lipinski definition) is 1. The third kappa shape index (κ3) is 3.92. The lowest BCUT2D eigenvalue weighted by Crippen LogP contribution is -2.29. The summed E-state index contributed by atoms with van der Waals surface area (Å²) in [5.74, 6) is 1.07. The number of nitrogens with zero attached hydrogens (tertiary/aromatic N) is 3. The smallest absolute Gasteiger partial charge is 0.280 e. The molecule has 2 atom stereocenters. The molecule has 8 heteroatoms. The van der Waals surface area contributed by atoms with Gasteiger partial charge in [-0.25, -0.2) is 0 Å². The van der Waals surface area contributed by atoms with Gasteiger partial charge in [-0.3, -0.25) is 15.1 Å². The third-order valence-corrected chi connectivity index (χ3v) is 6.32. The maximum atomic E-state index is 11.5. The zero-order valence-electron chi connectivity index (χ0n) is 18.4. The number of aromatic nitrogens is 1. The summed E-state index contributed by atoms with van der Waals surface area (Å²) in [7, 11) is 0. The van der Waals surface area contributed by atoms with Crippen LogP contribution in [-0.2, 0) is 6.42 Å². The van der Waals surface area contributed by atoms with Crippen molar-refractivity contribution in [2.45, 2.75) is 25.4 Å². The van der Waals surface area contributed by atoms with Crippen LogP contribution in [0.25, 0.3) is 11.3 Å². The first-order valence-corrected chi connectivity index (χ1v) is 11.4. The van der Waals surface area contributed by atoms with Crippen LogP contribution < -0.4 is 10.2 Å². The number of pyridine rings is 1. The molecule has 7 nitrogen and oxygen atoms in total. The van der Waals surface area contributed by atoms with Crippen LogP contribution in [0.5, 0.6) is 0 Å². The number of anilines is 1. The highest BCUT2D eigenvalue weighted by Gasteiger charge is 2.42. The van der Waals surface area contributed by atoms with Crippen molar-refractivity contribution in [1.29, 1.82) is 0 Å². The van der Waals surface area contributed by atoms with Gasteiger partial charge in [-0.1, -0.05) is 37.3 Å². The Morgan fingerprint density at radius 2 is 1.82 bits per heavy atom. The molecular weight excluding hydrogens is 448 g/mol. The van der Waals surface area contributed by atoms with Crippen LogP contribution in [0, 0.1) is 10.1 Å². The number of hydrogen-bond acceptors (Lipinski definition) is 5. The van der Waals surface area contributed by atoms with Crippen molar-refractivity contribution in [3.05, 3.63) is 112 Å². The Balaban J connectivity index is 1.60. The second-order valence-corrected chi connectivity index (χ2v) is 8.38. The fourth-order valence-corrected chi connectivity index (χ4v) is 4.66. The van der Waals surface area contributed by atoms with Gasteiger partial charge in [0, 0.05) is 18.0 Å². The molecule has 170 valence electrons. The molecule has 2 aromatic carbocycles. The monoisotopic (exact) mass is 470 g/mol. The van der Waals surface area contributed by atoms with Crippen molar-refractivity contribution < 1.29 is 9.34 Å². The molecule has 2 unspecified atom stereocenters.